The van der Waals surface area contributed by atoms with Crippen molar-refractivity contribution in [1.29, 1.82) is 0 Å². The standard InChI is InChI=1S/C11H11IO4/c12-5-6-16-11(15)4-2-8-1-3-9(13)10(14)7-8/h1-4,7,13-14H,5-6H2/b4-2-. The summed E-state index contributed by atoms with van der Waals surface area (Å²) < 4.78 is 5.57. The molecule has 5 heteroatoms. The molecule has 86 valence electrons. The van der Waals surface area contributed by atoms with Gasteiger partial charge in [-0.1, -0.05) is 28.7 Å². The maximum Gasteiger partial charge on any atom is 0.330 e. The predicted molar refractivity (Wildman–Crippen MR) is 68.7 cm³/mol. The van der Waals surface area contributed by atoms with E-state index in [4.69, 9.17) is 9.84 Å². The van der Waals surface area contributed by atoms with Crippen LogP contribution in [-0.4, -0.2) is 27.2 Å². The van der Waals surface area contributed by atoms with Gasteiger partial charge in [0.25, 0.3) is 0 Å². The second-order valence-corrected chi connectivity index (χ2v) is 4.02. The lowest BCUT2D eigenvalue weighted by Gasteiger charge is -1.99. The fourth-order valence-electron chi connectivity index (χ4n) is 0.996. The van der Waals surface area contributed by atoms with Crippen LogP contribution >= 0.6 is 22.6 Å². The molecular weight excluding hydrogens is 323 g/mol. The minimum atomic E-state index is -0.427. The van der Waals surface area contributed by atoms with Gasteiger partial charge in [-0.25, -0.2) is 4.79 Å². The minimum Gasteiger partial charge on any atom is -0.504 e. The van der Waals surface area contributed by atoms with Crippen LogP contribution in [0.4, 0.5) is 0 Å². The second kappa shape index (κ2) is 6.37. The number of phenols is 2. The molecule has 0 atom stereocenters. The van der Waals surface area contributed by atoms with Crippen molar-refractivity contribution >= 4 is 34.6 Å². The summed E-state index contributed by atoms with van der Waals surface area (Å²) in [6.45, 7) is 0.380. The van der Waals surface area contributed by atoms with Gasteiger partial charge in [0, 0.05) is 10.5 Å². The molecule has 0 amide bonds. The van der Waals surface area contributed by atoms with Crippen LogP contribution in [0.2, 0.25) is 0 Å². The average Bonchev–Trinajstić information content (AvgIpc) is 2.28. The first-order valence-electron chi connectivity index (χ1n) is 4.56. The molecule has 4 nitrogen and oxygen atoms in total. The number of carbonyl (C=O) groups excluding carboxylic acids is 1. The third-order valence-corrected chi connectivity index (χ3v) is 2.17. The molecule has 0 saturated carbocycles. The number of esters is 1. The summed E-state index contributed by atoms with van der Waals surface area (Å²) in [5.74, 6) is -0.836. The number of alkyl halides is 1. The third kappa shape index (κ3) is 4.09. The van der Waals surface area contributed by atoms with E-state index in [0.29, 0.717) is 12.2 Å². The lowest BCUT2D eigenvalue weighted by molar-refractivity contribution is -0.136. The van der Waals surface area contributed by atoms with Gasteiger partial charge in [-0.2, -0.15) is 0 Å². The van der Waals surface area contributed by atoms with Crippen LogP contribution in [-0.2, 0) is 9.53 Å². The Morgan fingerprint density at radius 2 is 2.12 bits per heavy atom. The molecule has 0 saturated heterocycles. The van der Waals surface area contributed by atoms with Crippen molar-refractivity contribution in [2.45, 2.75) is 0 Å². The SMILES string of the molecule is O=C(/C=C\c1ccc(O)c(O)c1)OCCI. The number of phenolic OH excluding ortho intramolecular Hbond substituents is 2. The maximum atomic E-state index is 11.1. The number of carbonyl (C=O) groups is 1. The number of aromatic hydroxyl groups is 2. The fraction of sp³-hybridized carbons (Fsp3) is 0.182. The van der Waals surface area contributed by atoms with Crippen molar-refractivity contribution in [1.82, 2.24) is 0 Å². The molecule has 2 N–H and O–H groups in total. The third-order valence-electron chi connectivity index (χ3n) is 1.73. The van der Waals surface area contributed by atoms with Crippen LogP contribution in [0.15, 0.2) is 24.3 Å². The summed E-state index contributed by atoms with van der Waals surface area (Å²) in [5.41, 5.74) is 0.613. The van der Waals surface area contributed by atoms with E-state index in [9.17, 15) is 9.90 Å². The topological polar surface area (TPSA) is 66.8 Å². The van der Waals surface area contributed by atoms with E-state index in [0.717, 1.165) is 4.43 Å². The lowest BCUT2D eigenvalue weighted by atomic mass is 10.2. The van der Waals surface area contributed by atoms with Gasteiger partial charge in [-0.3, -0.25) is 0 Å². The van der Waals surface area contributed by atoms with Gasteiger partial charge in [0.05, 0.1) is 0 Å². The van der Waals surface area contributed by atoms with E-state index in [1.807, 2.05) is 0 Å². The molecule has 0 aliphatic rings. The Kier molecular flexibility index (Phi) is 5.10. The van der Waals surface area contributed by atoms with Crippen LogP contribution in [0.5, 0.6) is 11.5 Å². The number of hydrogen-bond donors (Lipinski definition) is 2. The highest BCUT2D eigenvalue weighted by molar-refractivity contribution is 14.1. The van der Waals surface area contributed by atoms with Crippen molar-refractivity contribution in [2.24, 2.45) is 0 Å². The van der Waals surface area contributed by atoms with Gasteiger partial charge < -0.3 is 14.9 Å². The average molecular weight is 334 g/mol. The van der Waals surface area contributed by atoms with E-state index < -0.39 is 5.97 Å². The largest absolute Gasteiger partial charge is 0.504 e. The number of hydrogen-bond acceptors (Lipinski definition) is 4. The molecule has 0 bridgehead atoms. The van der Waals surface area contributed by atoms with Gasteiger partial charge in [-0.05, 0) is 23.8 Å². The lowest BCUT2D eigenvalue weighted by Crippen LogP contribution is -2.02. The van der Waals surface area contributed by atoms with Gasteiger partial charge >= 0.3 is 5.97 Å². The number of rotatable bonds is 4. The monoisotopic (exact) mass is 334 g/mol. The van der Waals surface area contributed by atoms with Crippen molar-refractivity contribution < 1.29 is 19.7 Å². The zero-order valence-electron chi connectivity index (χ0n) is 8.39. The molecule has 0 fully saturated rings. The first kappa shape index (κ1) is 12.8. The molecule has 0 spiro atoms. The fourth-order valence-corrected chi connectivity index (χ4v) is 1.22. The number of ether oxygens (including phenoxy) is 1. The molecule has 1 aromatic carbocycles. The first-order valence-corrected chi connectivity index (χ1v) is 6.09. The Morgan fingerprint density at radius 1 is 1.38 bits per heavy atom. The minimum absolute atomic E-state index is 0.190. The highest BCUT2D eigenvalue weighted by Gasteiger charge is 1.99. The van der Waals surface area contributed by atoms with Crippen molar-refractivity contribution in [3.8, 4) is 11.5 Å². The maximum absolute atomic E-state index is 11.1. The van der Waals surface area contributed by atoms with Crippen molar-refractivity contribution in [3.05, 3.63) is 29.8 Å². The Labute approximate surface area is 107 Å². The smallest absolute Gasteiger partial charge is 0.330 e. The molecule has 0 unspecified atom stereocenters. The summed E-state index contributed by atoms with van der Waals surface area (Å²) in [6, 6.07) is 4.29. The van der Waals surface area contributed by atoms with Crippen molar-refractivity contribution in [2.75, 3.05) is 11.0 Å². The van der Waals surface area contributed by atoms with Gasteiger partial charge in [0.15, 0.2) is 11.5 Å². The normalized spacial score (nSPS) is 10.6. The summed E-state index contributed by atoms with van der Waals surface area (Å²) in [6.07, 6.45) is 2.78. The van der Waals surface area contributed by atoms with Crippen LogP contribution in [0.1, 0.15) is 5.56 Å². The zero-order chi connectivity index (χ0) is 12.0. The molecule has 16 heavy (non-hydrogen) atoms. The second-order valence-electron chi connectivity index (χ2n) is 2.94. The Hall–Kier alpha value is -1.24. The van der Waals surface area contributed by atoms with Crippen LogP contribution in [0, 0.1) is 0 Å². The van der Waals surface area contributed by atoms with Crippen LogP contribution in [0.25, 0.3) is 6.08 Å². The Morgan fingerprint density at radius 3 is 2.75 bits per heavy atom. The number of halogens is 1. The molecule has 0 heterocycles. The Bertz CT molecular complexity index is 401. The first-order chi connectivity index (χ1) is 7.63. The predicted octanol–water partition coefficient (Wildman–Crippen LogP) is 2.09. The van der Waals surface area contributed by atoms with E-state index >= 15 is 0 Å². The summed E-state index contributed by atoms with van der Waals surface area (Å²) in [4.78, 5) is 11.1. The molecule has 0 aromatic heterocycles. The van der Waals surface area contributed by atoms with Gasteiger partial charge in [0.2, 0.25) is 0 Å². The van der Waals surface area contributed by atoms with Gasteiger partial charge in [-0.15, -0.1) is 0 Å². The van der Waals surface area contributed by atoms with E-state index in [2.05, 4.69) is 22.6 Å². The van der Waals surface area contributed by atoms with Crippen LogP contribution < -0.4 is 0 Å². The summed E-state index contributed by atoms with van der Waals surface area (Å²) in [5, 5.41) is 18.3. The van der Waals surface area contributed by atoms with E-state index in [-0.39, 0.29) is 11.5 Å². The molecule has 0 radical (unpaired) electrons. The highest BCUT2D eigenvalue weighted by Crippen LogP contribution is 2.25. The summed E-state index contributed by atoms with van der Waals surface area (Å²) >= 11 is 2.11. The van der Waals surface area contributed by atoms with Crippen molar-refractivity contribution in [3.63, 3.8) is 0 Å². The van der Waals surface area contributed by atoms with Gasteiger partial charge in [0.1, 0.15) is 6.61 Å². The molecule has 1 aromatic rings. The molecule has 1 rings (SSSR count). The zero-order valence-corrected chi connectivity index (χ0v) is 10.5. The van der Waals surface area contributed by atoms with E-state index in [1.165, 1.54) is 24.3 Å². The quantitative estimate of drug-likeness (QED) is 0.291. The highest BCUT2D eigenvalue weighted by atomic mass is 127. The number of benzene rings is 1. The summed E-state index contributed by atoms with van der Waals surface area (Å²) in [7, 11) is 0. The molecule has 0 aliphatic carbocycles. The Balaban J connectivity index is 2.62. The van der Waals surface area contributed by atoms with Crippen LogP contribution in [0.3, 0.4) is 0 Å². The van der Waals surface area contributed by atoms with E-state index in [1.54, 1.807) is 6.07 Å². The molecule has 0 aliphatic heterocycles. The molecular formula is C11H11IO4.